The van der Waals surface area contributed by atoms with Gasteiger partial charge in [-0.15, -0.1) is 11.3 Å². The number of allylic oxidation sites excluding steroid dienone is 1. The van der Waals surface area contributed by atoms with Gasteiger partial charge in [0.05, 0.1) is 24.8 Å². The van der Waals surface area contributed by atoms with Crippen molar-refractivity contribution in [2.75, 3.05) is 14.2 Å². The first-order chi connectivity index (χ1) is 9.71. The number of ether oxygens (including phenoxy) is 2. The molecule has 0 saturated carbocycles. The standard InChI is InChI=1S/C15H12ClNO2S/c1-18-10-5-6-13(19-2)11(8-10)15(16)12(9-17)14-4-3-7-20-14/h3-8H,1-2H3. The van der Waals surface area contributed by atoms with Gasteiger partial charge in [-0.05, 0) is 29.6 Å². The van der Waals surface area contributed by atoms with E-state index in [0.29, 0.717) is 27.7 Å². The minimum absolute atomic E-state index is 0.353. The Kier molecular flexibility index (Phi) is 4.67. The number of methoxy groups -OCH3 is 2. The molecule has 0 spiro atoms. The zero-order valence-electron chi connectivity index (χ0n) is 11.0. The second kappa shape index (κ2) is 6.47. The molecule has 0 aliphatic rings. The van der Waals surface area contributed by atoms with Crippen molar-refractivity contribution in [2.24, 2.45) is 0 Å². The molecule has 0 fully saturated rings. The monoisotopic (exact) mass is 305 g/mol. The Morgan fingerprint density at radius 2 is 2.05 bits per heavy atom. The Balaban J connectivity index is 2.62. The highest BCUT2D eigenvalue weighted by atomic mass is 35.5. The van der Waals surface area contributed by atoms with E-state index in [0.717, 1.165) is 4.88 Å². The number of benzene rings is 1. The van der Waals surface area contributed by atoms with Gasteiger partial charge >= 0.3 is 0 Å². The lowest BCUT2D eigenvalue weighted by atomic mass is 10.1. The molecule has 2 aromatic rings. The van der Waals surface area contributed by atoms with Gasteiger partial charge in [0.15, 0.2) is 0 Å². The molecule has 2 rings (SSSR count). The lowest BCUT2D eigenvalue weighted by Gasteiger charge is -2.10. The number of hydrogen-bond donors (Lipinski definition) is 0. The van der Waals surface area contributed by atoms with Gasteiger partial charge in [0.25, 0.3) is 0 Å². The normalized spacial score (nSPS) is 11.5. The van der Waals surface area contributed by atoms with Gasteiger partial charge in [-0.3, -0.25) is 0 Å². The van der Waals surface area contributed by atoms with E-state index in [2.05, 4.69) is 6.07 Å². The van der Waals surface area contributed by atoms with E-state index in [9.17, 15) is 5.26 Å². The molecule has 1 aromatic carbocycles. The molecule has 1 heterocycles. The average Bonchev–Trinajstić information content (AvgIpc) is 3.01. The molecule has 0 bridgehead atoms. The van der Waals surface area contributed by atoms with Crippen molar-refractivity contribution in [3.05, 3.63) is 46.2 Å². The largest absolute Gasteiger partial charge is 0.497 e. The number of halogens is 1. The van der Waals surface area contributed by atoms with Crippen LogP contribution in [0.25, 0.3) is 10.6 Å². The van der Waals surface area contributed by atoms with Crippen LogP contribution in [0, 0.1) is 11.3 Å². The molecule has 0 N–H and O–H groups in total. The van der Waals surface area contributed by atoms with Crippen LogP contribution in [0.1, 0.15) is 10.4 Å². The summed E-state index contributed by atoms with van der Waals surface area (Å²) < 4.78 is 10.5. The summed E-state index contributed by atoms with van der Waals surface area (Å²) in [7, 11) is 3.14. The Labute approximate surface area is 126 Å². The molecule has 0 atom stereocenters. The van der Waals surface area contributed by atoms with E-state index in [1.165, 1.54) is 11.3 Å². The van der Waals surface area contributed by atoms with Gasteiger partial charge in [-0.2, -0.15) is 5.26 Å². The van der Waals surface area contributed by atoms with Crippen molar-refractivity contribution >= 4 is 33.5 Å². The highest BCUT2D eigenvalue weighted by Gasteiger charge is 2.15. The number of hydrogen-bond acceptors (Lipinski definition) is 4. The van der Waals surface area contributed by atoms with Crippen LogP contribution in [0.4, 0.5) is 0 Å². The fourth-order valence-electron chi connectivity index (χ4n) is 1.75. The van der Waals surface area contributed by atoms with Crippen LogP contribution in [0.5, 0.6) is 11.5 Å². The molecular weight excluding hydrogens is 294 g/mol. The third-order valence-electron chi connectivity index (χ3n) is 2.74. The van der Waals surface area contributed by atoms with Gasteiger partial charge in [-0.1, -0.05) is 17.7 Å². The zero-order valence-corrected chi connectivity index (χ0v) is 12.6. The molecular formula is C15H12ClNO2S. The zero-order chi connectivity index (χ0) is 14.5. The first kappa shape index (κ1) is 14.4. The summed E-state index contributed by atoms with van der Waals surface area (Å²) in [5.41, 5.74) is 1.06. The minimum Gasteiger partial charge on any atom is -0.497 e. The maximum atomic E-state index is 9.36. The molecule has 0 aliphatic carbocycles. The van der Waals surface area contributed by atoms with Gasteiger partial charge in [0.1, 0.15) is 17.6 Å². The maximum Gasteiger partial charge on any atom is 0.127 e. The highest BCUT2D eigenvalue weighted by molar-refractivity contribution is 7.11. The molecule has 0 aliphatic heterocycles. The Hall–Kier alpha value is -1.96. The van der Waals surface area contributed by atoms with Crippen molar-refractivity contribution in [3.8, 4) is 17.6 Å². The fraction of sp³-hybridized carbons (Fsp3) is 0.133. The summed E-state index contributed by atoms with van der Waals surface area (Å²) in [6.07, 6.45) is 0. The van der Waals surface area contributed by atoms with Gasteiger partial charge < -0.3 is 9.47 Å². The van der Waals surface area contributed by atoms with Gasteiger partial charge in [0.2, 0.25) is 0 Å². The van der Waals surface area contributed by atoms with Gasteiger partial charge in [0, 0.05) is 10.4 Å². The lowest BCUT2D eigenvalue weighted by Crippen LogP contribution is -1.92. The van der Waals surface area contributed by atoms with E-state index >= 15 is 0 Å². The molecule has 0 amide bonds. The van der Waals surface area contributed by atoms with Crippen molar-refractivity contribution < 1.29 is 9.47 Å². The number of rotatable bonds is 4. The molecule has 1 aromatic heterocycles. The molecule has 102 valence electrons. The highest BCUT2D eigenvalue weighted by Crippen LogP contribution is 2.37. The molecule has 0 saturated heterocycles. The Morgan fingerprint density at radius 3 is 2.60 bits per heavy atom. The molecule has 3 nitrogen and oxygen atoms in total. The van der Waals surface area contributed by atoms with Crippen LogP contribution >= 0.6 is 22.9 Å². The molecule has 0 unspecified atom stereocenters. The quantitative estimate of drug-likeness (QED) is 0.786. The third-order valence-corrected chi connectivity index (χ3v) is 4.02. The van der Waals surface area contributed by atoms with Crippen LogP contribution < -0.4 is 9.47 Å². The van der Waals surface area contributed by atoms with E-state index in [1.54, 1.807) is 32.4 Å². The van der Waals surface area contributed by atoms with E-state index in [1.807, 2.05) is 17.5 Å². The van der Waals surface area contributed by atoms with E-state index in [4.69, 9.17) is 21.1 Å². The molecule has 20 heavy (non-hydrogen) atoms. The summed E-state index contributed by atoms with van der Waals surface area (Å²) >= 11 is 7.87. The molecule has 5 heteroatoms. The number of thiophene rings is 1. The predicted molar refractivity (Wildman–Crippen MR) is 82.1 cm³/mol. The summed E-state index contributed by atoms with van der Waals surface area (Å²) in [6, 6.07) is 11.2. The van der Waals surface area contributed by atoms with Crippen LogP contribution in [0.3, 0.4) is 0 Å². The van der Waals surface area contributed by atoms with Gasteiger partial charge in [-0.25, -0.2) is 0 Å². The third kappa shape index (κ3) is 2.79. The predicted octanol–water partition coefficient (Wildman–Crippen LogP) is 4.40. The Morgan fingerprint density at radius 1 is 1.25 bits per heavy atom. The maximum absolute atomic E-state index is 9.36. The van der Waals surface area contributed by atoms with Crippen LogP contribution in [0.15, 0.2) is 35.7 Å². The molecule has 0 radical (unpaired) electrons. The first-order valence-corrected chi connectivity index (χ1v) is 7.03. The van der Waals surface area contributed by atoms with Crippen molar-refractivity contribution in [2.45, 2.75) is 0 Å². The van der Waals surface area contributed by atoms with Crippen LogP contribution in [-0.4, -0.2) is 14.2 Å². The first-order valence-electron chi connectivity index (χ1n) is 5.77. The smallest absolute Gasteiger partial charge is 0.127 e. The number of nitriles is 1. The fourth-order valence-corrected chi connectivity index (χ4v) is 2.83. The van der Waals surface area contributed by atoms with Crippen LogP contribution in [-0.2, 0) is 0 Å². The summed E-state index contributed by atoms with van der Waals surface area (Å²) in [4.78, 5) is 0.822. The lowest BCUT2D eigenvalue weighted by molar-refractivity contribution is 0.402. The van der Waals surface area contributed by atoms with Crippen molar-refractivity contribution in [3.63, 3.8) is 0 Å². The van der Waals surface area contributed by atoms with E-state index in [-0.39, 0.29) is 0 Å². The van der Waals surface area contributed by atoms with Crippen molar-refractivity contribution in [1.82, 2.24) is 0 Å². The van der Waals surface area contributed by atoms with E-state index < -0.39 is 0 Å². The topological polar surface area (TPSA) is 42.2 Å². The summed E-state index contributed by atoms with van der Waals surface area (Å²) in [5.74, 6) is 1.25. The van der Waals surface area contributed by atoms with Crippen molar-refractivity contribution in [1.29, 1.82) is 5.26 Å². The van der Waals surface area contributed by atoms with Crippen LogP contribution in [0.2, 0.25) is 0 Å². The number of nitrogens with zero attached hydrogens (tertiary/aromatic N) is 1. The second-order valence-electron chi connectivity index (χ2n) is 3.84. The summed E-state index contributed by atoms with van der Waals surface area (Å²) in [5, 5.41) is 11.6. The summed E-state index contributed by atoms with van der Waals surface area (Å²) in [6.45, 7) is 0. The Bertz CT molecular complexity index is 672. The minimum atomic E-state index is 0.353. The average molecular weight is 306 g/mol. The SMILES string of the molecule is COc1ccc(OC)c(C(Cl)=C(C#N)c2cccs2)c1. The second-order valence-corrected chi connectivity index (χ2v) is 5.17.